The van der Waals surface area contributed by atoms with E-state index in [0.717, 1.165) is 11.3 Å². The first-order valence-corrected chi connectivity index (χ1v) is 9.93. The monoisotopic (exact) mass is 394 g/mol. The molecule has 138 valence electrons. The minimum Gasteiger partial charge on any atom is -0.480 e. The molecule has 1 aliphatic heterocycles. The summed E-state index contributed by atoms with van der Waals surface area (Å²) in [5, 5.41) is 9.99. The van der Waals surface area contributed by atoms with Gasteiger partial charge in [0.05, 0.1) is 4.90 Å². The van der Waals surface area contributed by atoms with Crippen molar-refractivity contribution in [3.8, 4) is 0 Å². The zero-order valence-corrected chi connectivity index (χ0v) is 15.7. The Kier molecular flexibility index (Phi) is 5.22. The normalized spacial score (nSPS) is 18.7. The van der Waals surface area contributed by atoms with Crippen LogP contribution in [0.2, 0.25) is 5.02 Å². The Morgan fingerprint density at radius 1 is 1.15 bits per heavy atom. The van der Waals surface area contributed by atoms with Crippen LogP contribution in [0.5, 0.6) is 0 Å². The van der Waals surface area contributed by atoms with Crippen molar-refractivity contribution < 1.29 is 18.3 Å². The van der Waals surface area contributed by atoms with Crippen LogP contribution in [0.1, 0.15) is 5.56 Å². The Hall–Kier alpha value is -2.09. The summed E-state index contributed by atoms with van der Waals surface area (Å²) in [5.41, 5.74) is 1.75. The van der Waals surface area contributed by atoms with Crippen molar-refractivity contribution in [2.24, 2.45) is 0 Å². The molecule has 1 fully saturated rings. The van der Waals surface area contributed by atoms with Gasteiger partial charge in [-0.2, -0.15) is 4.31 Å². The Bertz CT molecular complexity index is 932. The summed E-state index contributed by atoms with van der Waals surface area (Å²) >= 11 is 5.90. The van der Waals surface area contributed by atoms with Crippen molar-refractivity contribution in [2.45, 2.75) is 17.9 Å². The largest absolute Gasteiger partial charge is 0.480 e. The summed E-state index contributed by atoms with van der Waals surface area (Å²) in [6, 6.07) is 12.5. The van der Waals surface area contributed by atoms with Gasteiger partial charge in [0.1, 0.15) is 6.04 Å². The molecule has 2 aromatic carbocycles. The molecule has 1 N–H and O–H groups in total. The van der Waals surface area contributed by atoms with E-state index in [-0.39, 0.29) is 18.0 Å². The number of nitrogens with zero attached hydrogens (tertiary/aromatic N) is 2. The minimum absolute atomic E-state index is 0.0680. The Labute approximate surface area is 157 Å². The van der Waals surface area contributed by atoms with E-state index in [0.29, 0.717) is 11.6 Å². The zero-order chi connectivity index (χ0) is 18.9. The molecule has 0 radical (unpaired) electrons. The van der Waals surface area contributed by atoms with Gasteiger partial charge in [-0.1, -0.05) is 35.9 Å². The average molecular weight is 395 g/mol. The smallest absolute Gasteiger partial charge is 0.327 e. The predicted octanol–water partition coefficient (Wildman–Crippen LogP) is 2.61. The number of hydrogen-bond donors (Lipinski definition) is 1. The van der Waals surface area contributed by atoms with Crippen molar-refractivity contribution in [3.05, 3.63) is 59.1 Å². The number of hydrogen-bond acceptors (Lipinski definition) is 4. The van der Waals surface area contributed by atoms with Crippen LogP contribution in [0.3, 0.4) is 0 Å². The number of para-hydroxylation sites is 1. The topological polar surface area (TPSA) is 77.9 Å². The maximum absolute atomic E-state index is 12.9. The number of anilines is 1. The molecule has 1 heterocycles. The number of halogens is 1. The second-order valence-electron chi connectivity index (χ2n) is 6.15. The second kappa shape index (κ2) is 7.26. The van der Waals surface area contributed by atoms with E-state index in [2.05, 4.69) is 0 Å². The molecular formula is C18H19ClN2O4S. The number of piperazine rings is 1. The van der Waals surface area contributed by atoms with E-state index in [9.17, 15) is 18.3 Å². The molecule has 0 saturated carbocycles. The average Bonchev–Trinajstić information content (AvgIpc) is 2.61. The van der Waals surface area contributed by atoms with Gasteiger partial charge in [-0.3, -0.25) is 0 Å². The summed E-state index contributed by atoms with van der Waals surface area (Å²) in [7, 11) is -3.81. The quantitative estimate of drug-likeness (QED) is 0.862. The molecule has 1 unspecified atom stereocenters. The molecule has 8 heteroatoms. The van der Waals surface area contributed by atoms with E-state index in [1.165, 1.54) is 16.4 Å². The van der Waals surface area contributed by atoms with E-state index < -0.39 is 22.0 Å². The van der Waals surface area contributed by atoms with Crippen LogP contribution in [0.25, 0.3) is 0 Å². The summed E-state index contributed by atoms with van der Waals surface area (Å²) in [5.74, 6) is -1.06. The summed E-state index contributed by atoms with van der Waals surface area (Å²) in [6.07, 6.45) is 0. The van der Waals surface area contributed by atoms with Gasteiger partial charge < -0.3 is 10.0 Å². The lowest BCUT2D eigenvalue weighted by atomic mass is 10.1. The first kappa shape index (κ1) is 18.7. The summed E-state index contributed by atoms with van der Waals surface area (Å²) in [4.78, 5) is 13.6. The van der Waals surface area contributed by atoms with Crippen molar-refractivity contribution in [1.29, 1.82) is 0 Å². The number of aryl methyl sites for hydroxylation is 1. The van der Waals surface area contributed by atoms with E-state index in [1.807, 2.05) is 31.2 Å². The third kappa shape index (κ3) is 3.56. The number of benzene rings is 2. The highest BCUT2D eigenvalue weighted by atomic mass is 35.5. The lowest BCUT2D eigenvalue weighted by Gasteiger charge is -2.40. The van der Waals surface area contributed by atoms with E-state index in [1.54, 1.807) is 17.0 Å². The molecule has 0 bridgehead atoms. The third-order valence-corrected chi connectivity index (χ3v) is 6.58. The number of aliphatic carboxylic acids is 1. The number of sulfonamides is 1. The lowest BCUT2D eigenvalue weighted by molar-refractivity contribution is -0.139. The van der Waals surface area contributed by atoms with E-state index >= 15 is 0 Å². The molecule has 1 atom stereocenters. The minimum atomic E-state index is -3.81. The zero-order valence-electron chi connectivity index (χ0n) is 14.2. The van der Waals surface area contributed by atoms with Gasteiger partial charge in [0.25, 0.3) is 0 Å². The molecule has 0 amide bonds. The predicted molar refractivity (Wildman–Crippen MR) is 100 cm³/mol. The van der Waals surface area contributed by atoms with E-state index in [4.69, 9.17) is 11.6 Å². The summed E-state index contributed by atoms with van der Waals surface area (Å²) in [6.45, 7) is 2.27. The van der Waals surface area contributed by atoms with Crippen LogP contribution < -0.4 is 4.90 Å². The van der Waals surface area contributed by atoms with Crippen LogP contribution in [0.4, 0.5) is 5.69 Å². The number of carboxylic acids is 1. The molecule has 0 aliphatic carbocycles. The van der Waals surface area contributed by atoms with Gasteiger partial charge in [0.15, 0.2) is 0 Å². The van der Waals surface area contributed by atoms with Crippen LogP contribution in [0, 0.1) is 6.92 Å². The lowest BCUT2D eigenvalue weighted by Crippen LogP contribution is -2.58. The van der Waals surface area contributed by atoms with Crippen LogP contribution >= 0.6 is 11.6 Å². The van der Waals surface area contributed by atoms with Crippen LogP contribution in [-0.2, 0) is 14.8 Å². The number of rotatable bonds is 4. The van der Waals surface area contributed by atoms with Gasteiger partial charge in [-0.15, -0.1) is 0 Å². The number of carboxylic acid groups (broad SMARTS) is 1. The van der Waals surface area contributed by atoms with Crippen molar-refractivity contribution >= 4 is 33.3 Å². The van der Waals surface area contributed by atoms with Crippen LogP contribution in [-0.4, -0.2) is 49.5 Å². The molecule has 3 rings (SSSR count). The first-order chi connectivity index (χ1) is 12.3. The highest BCUT2D eigenvalue weighted by molar-refractivity contribution is 7.89. The standard InChI is InChI=1S/C18H19ClN2O4S/c1-13-5-2-3-8-16(13)21-10-9-20(12-17(21)18(22)23)26(24,25)15-7-4-6-14(19)11-15/h2-8,11,17H,9-10,12H2,1H3,(H,22,23). The first-order valence-electron chi connectivity index (χ1n) is 8.11. The highest BCUT2D eigenvalue weighted by Gasteiger charge is 2.38. The third-order valence-electron chi connectivity index (χ3n) is 4.49. The SMILES string of the molecule is Cc1ccccc1N1CCN(S(=O)(=O)c2cccc(Cl)c2)CC1C(=O)O. The van der Waals surface area contributed by atoms with Crippen LogP contribution in [0.15, 0.2) is 53.4 Å². The van der Waals surface area contributed by atoms with Gasteiger partial charge in [-0.05, 0) is 36.8 Å². The van der Waals surface area contributed by atoms with Gasteiger partial charge in [-0.25, -0.2) is 13.2 Å². The van der Waals surface area contributed by atoms with Crippen molar-refractivity contribution in [1.82, 2.24) is 4.31 Å². The Morgan fingerprint density at radius 3 is 2.54 bits per heavy atom. The maximum atomic E-state index is 12.9. The molecule has 0 aromatic heterocycles. The molecule has 26 heavy (non-hydrogen) atoms. The van der Waals surface area contributed by atoms with Gasteiger partial charge in [0, 0.05) is 30.3 Å². The van der Waals surface area contributed by atoms with Gasteiger partial charge >= 0.3 is 5.97 Å². The maximum Gasteiger partial charge on any atom is 0.327 e. The Balaban J connectivity index is 1.91. The Morgan fingerprint density at radius 2 is 1.88 bits per heavy atom. The molecule has 2 aromatic rings. The van der Waals surface area contributed by atoms with Gasteiger partial charge in [0.2, 0.25) is 10.0 Å². The summed E-state index contributed by atoms with van der Waals surface area (Å²) < 4.78 is 27.0. The molecule has 1 aliphatic rings. The molecular weight excluding hydrogens is 376 g/mol. The fraction of sp³-hybridized carbons (Fsp3) is 0.278. The fourth-order valence-electron chi connectivity index (χ4n) is 3.14. The molecule has 1 saturated heterocycles. The highest BCUT2D eigenvalue weighted by Crippen LogP contribution is 2.27. The number of carbonyl (C=O) groups is 1. The van der Waals surface area contributed by atoms with Crippen molar-refractivity contribution in [2.75, 3.05) is 24.5 Å². The van der Waals surface area contributed by atoms with Crippen molar-refractivity contribution in [3.63, 3.8) is 0 Å². The second-order valence-corrected chi connectivity index (χ2v) is 8.53. The fourth-order valence-corrected chi connectivity index (χ4v) is 4.88. The molecule has 0 spiro atoms. The molecule has 6 nitrogen and oxygen atoms in total.